The molecule has 0 aromatic heterocycles. The number of carbonyl (C=O) groups excluding carboxylic acids is 2. The highest BCUT2D eigenvalue weighted by Crippen LogP contribution is 2.25. The summed E-state index contributed by atoms with van der Waals surface area (Å²) in [7, 11) is 1.56. The Morgan fingerprint density at radius 3 is 2.31 bits per heavy atom. The van der Waals surface area contributed by atoms with Gasteiger partial charge in [0.25, 0.3) is 0 Å². The van der Waals surface area contributed by atoms with E-state index < -0.39 is 0 Å². The Hall–Kier alpha value is -2.27. The van der Waals surface area contributed by atoms with Gasteiger partial charge in [0.05, 0.1) is 18.4 Å². The van der Waals surface area contributed by atoms with Gasteiger partial charge >= 0.3 is 0 Å². The first-order valence-electron chi connectivity index (χ1n) is 8.47. The molecule has 5 heteroatoms. The zero-order chi connectivity index (χ0) is 19.2. The Labute approximate surface area is 159 Å². The van der Waals surface area contributed by atoms with Gasteiger partial charge < -0.3 is 10.1 Å². The Balaban J connectivity index is 1.91. The van der Waals surface area contributed by atoms with E-state index in [1.807, 2.05) is 57.2 Å². The van der Waals surface area contributed by atoms with Crippen molar-refractivity contribution >= 4 is 29.1 Å². The number of ketones is 1. The molecule has 0 saturated heterocycles. The van der Waals surface area contributed by atoms with Crippen LogP contribution >= 0.6 is 11.8 Å². The van der Waals surface area contributed by atoms with E-state index >= 15 is 0 Å². The lowest BCUT2D eigenvalue weighted by atomic mass is 9.92. The third kappa shape index (κ3) is 6.23. The molecule has 1 N–H and O–H groups in total. The highest BCUT2D eigenvalue weighted by Gasteiger charge is 2.16. The fourth-order valence-electron chi connectivity index (χ4n) is 2.42. The standard InChI is InChI=1S/C21H25NO3S/c1-21(2,3)13-20(24)22-15-9-11-16(12-10-15)26-14-18(23)17-7-5-6-8-19(17)25-4/h5-12H,13-14H2,1-4H3,(H,22,24). The molecule has 0 aliphatic heterocycles. The molecule has 0 fully saturated rings. The molecule has 0 aliphatic carbocycles. The van der Waals surface area contributed by atoms with Crippen molar-refractivity contribution in [1.82, 2.24) is 0 Å². The van der Waals surface area contributed by atoms with Gasteiger partial charge in [-0.05, 0) is 41.8 Å². The summed E-state index contributed by atoms with van der Waals surface area (Å²) < 4.78 is 5.24. The van der Waals surface area contributed by atoms with Gasteiger partial charge in [-0.1, -0.05) is 32.9 Å². The maximum Gasteiger partial charge on any atom is 0.224 e. The monoisotopic (exact) mass is 371 g/mol. The topological polar surface area (TPSA) is 55.4 Å². The van der Waals surface area contributed by atoms with Crippen LogP contribution in [-0.4, -0.2) is 24.6 Å². The average molecular weight is 372 g/mol. The lowest BCUT2D eigenvalue weighted by Gasteiger charge is -2.17. The summed E-state index contributed by atoms with van der Waals surface area (Å²) in [5.74, 6) is 0.949. The number of hydrogen-bond acceptors (Lipinski definition) is 4. The molecule has 1 amide bonds. The van der Waals surface area contributed by atoms with Crippen LogP contribution in [0.2, 0.25) is 0 Å². The predicted molar refractivity (Wildman–Crippen MR) is 107 cm³/mol. The fraction of sp³-hybridized carbons (Fsp3) is 0.333. The number of methoxy groups -OCH3 is 1. The number of carbonyl (C=O) groups is 2. The summed E-state index contributed by atoms with van der Waals surface area (Å²) in [6.45, 7) is 6.10. The zero-order valence-corrected chi connectivity index (χ0v) is 16.5. The Morgan fingerprint density at radius 1 is 1.04 bits per heavy atom. The SMILES string of the molecule is COc1ccccc1C(=O)CSc1ccc(NC(=O)CC(C)(C)C)cc1. The molecule has 0 aliphatic rings. The number of hydrogen-bond donors (Lipinski definition) is 1. The molecular formula is C21H25NO3S. The van der Waals surface area contributed by atoms with Crippen molar-refractivity contribution in [2.75, 3.05) is 18.2 Å². The van der Waals surface area contributed by atoms with Gasteiger partial charge in [0.2, 0.25) is 5.91 Å². The summed E-state index contributed by atoms with van der Waals surface area (Å²) in [6, 6.07) is 14.8. The summed E-state index contributed by atoms with van der Waals surface area (Å²) in [5, 5.41) is 2.90. The number of benzene rings is 2. The van der Waals surface area contributed by atoms with Gasteiger partial charge in [0, 0.05) is 17.0 Å². The van der Waals surface area contributed by atoms with Gasteiger partial charge in [-0.25, -0.2) is 0 Å². The van der Waals surface area contributed by atoms with E-state index in [-0.39, 0.29) is 17.1 Å². The van der Waals surface area contributed by atoms with E-state index in [1.165, 1.54) is 11.8 Å². The Kier molecular flexibility index (Phi) is 6.86. The molecule has 0 bridgehead atoms. The van der Waals surface area contributed by atoms with Crippen molar-refractivity contribution in [3.05, 3.63) is 54.1 Å². The van der Waals surface area contributed by atoms with Gasteiger partial charge in [0.15, 0.2) is 5.78 Å². The number of anilines is 1. The van der Waals surface area contributed by atoms with Crippen LogP contribution in [0.1, 0.15) is 37.6 Å². The number of rotatable bonds is 7. The van der Waals surface area contributed by atoms with Crippen LogP contribution in [0.3, 0.4) is 0 Å². The summed E-state index contributed by atoms with van der Waals surface area (Å²) in [4.78, 5) is 25.3. The molecule has 0 unspecified atom stereocenters. The predicted octanol–water partition coefficient (Wildman–Crippen LogP) is 5.04. The number of thioether (sulfide) groups is 1. The first-order valence-corrected chi connectivity index (χ1v) is 9.46. The number of amides is 1. The van der Waals surface area contributed by atoms with E-state index in [4.69, 9.17) is 4.74 Å². The molecule has 2 rings (SSSR count). The summed E-state index contributed by atoms with van der Waals surface area (Å²) >= 11 is 1.46. The fourth-order valence-corrected chi connectivity index (χ4v) is 3.20. The number of para-hydroxylation sites is 1. The number of ether oxygens (including phenoxy) is 1. The largest absolute Gasteiger partial charge is 0.496 e. The van der Waals surface area contributed by atoms with E-state index in [0.717, 1.165) is 10.6 Å². The van der Waals surface area contributed by atoms with Crippen molar-refractivity contribution in [3.8, 4) is 5.75 Å². The highest BCUT2D eigenvalue weighted by atomic mass is 32.2. The molecule has 0 radical (unpaired) electrons. The molecule has 2 aromatic carbocycles. The van der Waals surface area contributed by atoms with Crippen LogP contribution in [0.15, 0.2) is 53.4 Å². The van der Waals surface area contributed by atoms with Crippen LogP contribution in [0.4, 0.5) is 5.69 Å². The minimum Gasteiger partial charge on any atom is -0.496 e. The van der Waals surface area contributed by atoms with E-state index in [0.29, 0.717) is 23.5 Å². The van der Waals surface area contributed by atoms with Crippen LogP contribution < -0.4 is 10.1 Å². The van der Waals surface area contributed by atoms with E-state index in [9.17, 15) is 9.59 Å². The number of Topliss-reactive ketones (excluding diaryl/α,β-unsaturated/α-hetero) is 1. The number of nitrogens with one attached hydrogen (secondary N) is 1. The van der Waals surface area contributed by atoms with Crippen LogP contribution in [0.5, 0.6) is 5.75 Å². The minimum absolute atomic E-state index is 0.00394. The molecule has 0 spiro atoms. The van der Waals surface area contributed by atoms with Gasteiger partial charge in [-0.2, -0.15) is 0 Å². The first kappa shape index (κ1) is 20.0. The second-order valence-corrected chi connectivity index (χ2v) is 8.27. The van der Waals surface area contributed by atoms with Crippen molar-refractivity contribution in [3.63, 3.8) is 0 Å². The van der Waals surface area contributed by atoms with Crippen LogP contribution in [0.25, 0.3) is 0 Å². The summed E-state index contributed by atoms with van der Waals surface area (Å²) in [5.41, 5.74) is 1.31. The smallest absolute Gasteiger partial charge is 0.224 e. The summed E-state index contributed by atoms with van der Waals surface area (Å²) in [6.07, 6.45) is 0.469. The lowest BCUT2D eigenvalue weighted by Crippen LogP contribution is -2.19. The van der Waals surface area contributed by atoms with Crippen molar-refractivity contribution in [2.45, 2.75) is 32.1 Å². The molecular weight excluding hydrogens is 346 g/mol. The normalized spacial score (nSPS) is 11.1. The van der Waals surface area contributed by atoms with E-state index in [2.05, 4.69) is 5.32 Å². The lowest BCUT2D eigenvalue weighted by molar-refractivity contribution is -0.117. The molecule has 2 aromatic rings. The second-order valence-electron chi connectivity index (χ2n) is 7.22. The van der Waals surface area contributed by atoms with Crippen molar-refractivity contribution in [2.24, 2.45) is 5.41 Å². The van der Waals surface area contributed by atoms with Gasteiger partial charge in [-0.15, -0.1) is 11.8 Å². The third-order valence-electron chi connectivity index (χ3n) is 3.61. The van der Waals surface area contributed by atoms with Crippen LogP contribution in [0, 0.1) is 5.41 Å². The second kappa shape index (κ2) is 8.90. The molecule has 138 valence electrons. The third-order valence-corrected chi connectivity index (χ3v) is 4.62. The van der Waals surface area contributed by atoms with E-state index in [1.54, 1.807) is 19.2 Å². The van der Waals surface area contributed by atoms with Crippen molar-refractivity contribution < 1.29 is 14.3 Å². The van der Waals surface area contributed by atoms with Gasteiger partial charge in [0.1, 0.15) is 5.75 Å². The molecule has 4 nitrogen and oxygen atoms in total. The molecule has 0 heterocycles. The average Bonchev–Trinajstić information content (AvgIpc) is 2.59. The maximum atomic E-state index is 12.4. The Bertz CT molecular complexity index is 764. The maximum absolute atomic E-state index is 12.4. The molecule has 26 heavy (non-hydrogen) atoms. The quantitative estimate of drug-likeness (QED) is 0.547. The molecule has 0 atom stereocenters. The minimum atomic E-state index is -0.0429. The van der Waals surface area contributed by atoms with Crippen molar-refractivity contribution in [1.29, 1.82) is 0 Å². The zero-order valence-electron chi connectivity index (χ0n) is 15.7. The molecule has 0 saturated carbocycles. The van der Waals surface area contributed by atoms with Crippen LogP contribution in [-0.2, 0) is 4.79 Å². The highest BCUT2D eigenvalue weighted by molar-refractivity contribution is 8.00. The first-order chi connectivity index (χ1) is 12.3. The van der Waals surface area contributed by atoms with Gasteiger partial charge in [-0.3, -0.25) is 9.59 Å². The Morgan fingerprint density at radius 2 is 1.69 bits per heavy atom.